The van der Waals surface area contributed by atoms with E-state index in [4.69, 9.17) is 10.5 Å². The molecule has 2 rings (SSSR count). The summed E-state index contributed by atoms with van der Waals surface area (Å²) in [6, 6.07) is 2.96. The molecular formula is C12H14F3NO2. The van der Waals surface area contributed by atoms with Crippen molar-refractivity contribution in [2.75, 3.05) is 12.3 Å². The molecule has 2 atom stereocenters. The molecule has 0 amide bonds. The molecule has 0 aliphatic carbocycles. The number of aliphatic hydroxyl groups excluding tert-OH is 1. The van der Waals surface area contributed by atoms with E-state index in [1.807, 2.05) is 0 Å². The Balaban J connectivity index is 2.31. The Hall–Kier alpha value is -1.27. The van der Waals surface area contributed by atoms with Crippen LogP contribution in [0.25, 0.3) is 0 Å². The largest absolute Gasteiger partial charge is 0.416 e. The number of ether oxygens (including phenoxy) is 1. The van der Waals surface area contributed by atoms with Crippen molar-refractivity contribution < 1.29 is 23.0 Å². The number of nitrogen functional groups attached to an aromatic ring is 1. The lowest BCUT2D eigenvalue weighted by Crippen LogP contribution is -2.19. The van der Waals surface area contributed by atoms with E-state index >= 15 is 0 Å². The maximum absolute atomic E-state index is 12.6. The van der Waals surface area contributed by atoms with Gasteiger partial charge in [0, 0.05) is 17.9 Å². The molecule has 1 heterocycles. The lowest BCUT2D eigenvalue weighted by Gasteiger charge is -2.20. The van der Waals surface area contributed by atoms with Gasteiger partial charge in [-0.15, -0.1) is 0 Å². The number of aliphatic hydroxyl groups is 1. The Morgan fingerprint density at radius 2 is 2.11 bits per heavy atom. The highest BCUT2D eigenvalue weighted by Crippen LogP contribution is 2.35. The van der Waals surface area contributed by atoms with Crippen LogP contribution in [0.5, 0.6) is 0 Å². The van der Waals surface area contributed by atoms with Gasteiger partial charge in [-0.1, -0.05) is 0 Å². The van der Waals surface area contributed by atoms with E-state index in [0.29, 0.717) is 13.0 Å². The van der Waals surface area contributed by atoms with Crippen LogP contribution < -0.4 is 5.73 Å². The smallest absolute Gasteiger partial charge is 0.398 e. The van der Waals surface area contributed by atoms with Gasteiger partial charge < -0.3 is 15.6 Å². The number of rotatable bonds is 2. The molecule has 3 nitrogen and oxygen atoms in total. The van der Waals surface area contributed by atoms with Crippen LogP contribution in [0.4, 0.5) is 18.9 Å². The molecular weight excluding hydrogens is 247 g/mol. The van der Waals surface area contributed by atoms with Gasteiger partial charge in [0.1, 0.15) is 6.10 Å². The van der Waals surface area contributed by atoms with Gasteiger partial charge in [0.05, 0.1) is 11.7 Å². The molecule has 1 aliphatic heterocycles. The van der Waals surface area contributed by atoms with Crippen molar-refractivity contribution in [3.05, 3.63) is 29.3 Å². The van der Waals surface area contributed by atoms with Gasteiger partial charge in [-0.05, 0) is 31.0 Å². The summed E-state index contributed by atoms with van der Waals surface area (Å²) in [5.41, 5.74) is 5.03. The van der Waals surface area contributed by atoms with Crippen LogP contribution in [0, 0.1) is 0 Å². The Morgan fingerprint density at radius 3 is 2.67 bits per heavy atom. The highest BCUT2D eigenvalue weighted by molar-refractivity contribution is 5.50. The molecule has 100 valence electrons. The van der Waals surface area contributed by atoms with Crippen LogP contribution in [-0.2, 0) is 10.9 Å². The third-order valence-corrected chi connectivity index (χ3v) is 3.05. The van der Waals surface area contributed by atoms with Crippen LogP contribution in [0.2, 0.25) is 0 Å². The average molecular weight is 261 g/mol. The summed E-state index contributed by atoms with van der Waals surface area (Å²) in [5.74, 6) is 0. The molecule has 1 aromatic rings. The van der Waals surface area contributed by atoms with Gasteiger partial charge in [0.25, 0.3) is 0 Å². The second-order valence-electron chi connectivity index (χ2n) is 4.34. The van der Waals surface area contributed by atoms with Gasteiger partial charge in [-0.3, -0.25) is 0 Å². The zero-order valence-corrected chi connectivity index (χ0v) is 9.57. The number of hydrogen-bond acceptors (Lipinski definition) is 3. The highest BCUT2D eigenvalue weighted by Gasteiger charge is 2.33. The number of benzene rings is 1. The predicted octanol–water partition coefficient (Wildman–Crippen LogP) is 2.50. The van der Waals surface area contributed by atoms with Gasteiger partial charge in [0.2, 0.25) is 0 Å². The van der Waals surface area contributed by atoms with Gasteiger partial charge in [-0.25, -0.2) is 0 Å². The quantitative estimate of drug-likeness (QED) is 0.804. The van der Waals surface area contributed by atoms with Gasteiger partial charge >= 0.3 is 6.18 Å². The van der Waals surface area contributed by atoms with E-state index in [1.54, 1.807) is 0 Å². The molecule has 0 saturated carbocycles. The normalized spacial score (nSPS) is 22.1. The minimum absolute atomic E-state index is 0.0803. The van der Waals surface area contributed by atoms with Crippen LogP contribution in [0.1, 0.15) is 30.1 Å². The van der Waals surface area contributed by atoms with Crippen molar-refractivity contribution in [1.82, 2.24) is 0 Å². The Morgan fingerprint density at radius 1 is 1.39 bits per heavy atom. The summed E-state index contributed by atoms with van der Waals surface area (Å²) in [6.45, 7) is 0.514. The van der Waals surface area contributed by atoms with Crippen molar-refractivity contribution >= 4 is 5.69 Å². The van der Waals surface area contributed by atoms with Gasteiger partial charge in [0.15, 0.2) is 0 Å². The molecule has 1 aliphatic rings. The fourth-order valence-corrected chi connectivity index (χ4v) is 2.06. The maximum atomic E-state index is 12.6. The SMILES string of the molecule is Nc1ccc(C(F)(F)F)cc1C(O)C1CCCO1. The first-order valence-electron chi connectivity index (χ1n) is 5.66. The number of nitrogens with two attached hydrogens (primary N) is 1. The lowest BCUT2D eigenvalue weighted by atomic mass is 9.98. The minimum Gasteiger partial charge on any atom is -0.398 e. The maximum Gasteiger partial charge on any atom is 0.416 e. The Kier molecular flexibility index (Phi) is 3.49. The fraction of sp³-hybridized carbons (Fsp3) is 0.500. The molecule has 2 unspecified atom stereocenters. The van der Waals surface area contributed by atoms with E-state index < -0.39 is 23.9 Å². The topological polar surface area (TPSA) is 55.5 Å². The van der Waals surface area contributed by atoms with Crippen molar-refractivity contribution in [2.24, 2.45) is 0 Å². The first-order chi connectivity index (χ1) is 8.39. The van der Waals surface area contributed by atoms with Crippen molar-refractivity contribution in [3.63, 3.8) is 0 Å². The first-order valence-corrected chi connectivity index (χ1v) is 5.66. The number of halogens is 3. The standard InChI is InChI=1S/C12H14F3NO2/c13-12(14,15)7-3-4-9(16)8(6-7)11(17)10-2-1-5-18-10/h3-4,6,10-11,17H,1-2,5,16H2. The molecule has 0 bridgehead atoms. The molecule has 1 saturated heterocycles. The van der Waals surface area contributed by atoms with Crippen molar-refractivity contribution in [3.8, 4) is 0 Å². The molecule has 0 spiro atoms. The zero-order valence-electron chi connectivity index (χ0n) is 9.57. The zero-order chi connectivity index (χ0) is 13.3. The molecule has 1 aromatic carbocycles. The van der Waals surface area contributed by atoms with Crippen molar-refractivity contribution in [1.29, 1.82) is 0 Å². The van der Waals surface area contributed by atoms with E-state index in [-0.39, 0.29) is 11.3 Å². The van der Waals surface area contributed by atoms with Crippen LogP contribution in [0.15, 0.2) is 18.2 Å². The highest BCUT2D eigenvalue weighted by atomic mass is 19.4. The summed E-state index contributed by atoms with van der Waals surface area (Å²) in [4.78, 5) is 0. The molecule has 0 radical (unpaired) electrons. The molecule has 6 heteroatoms. The Labute approximate surface area is 102 Å². The van der Waals surface area contributed by atoms with Crippen molar-refractivity contribution in [2.45, 2.75) is 31.2 Å². The minimum atomic E-state index is -4.45. The van der Waals surface area contributed by atoms with Crippen LogP contribution >= 0.6 is 0 Å². The van der Waals surface area contributed by atoms with E-state index in [1.165, 1.54) is 0 Å². The molecule has 3 N–H and O–H groups in total. The molecule has 1 fully saturated rings. The van der Waals surface area contributed by atoms with Gasteiger partial charge in [-0.2, -0.15) is 13.2 Å². The monoisotopic (exact) mass is 261 g/mol. The third-order valence-electron chi connectivity index (χ3n) is 3.05. The summed E-state index contributed by atoms with van der Waals surface area (Å²) < 4.78 is 43.0. The number of anilines is 1. The third kappa shape index (κ3) is 2.59. The van der Waals surface area contributed by atoms with E-state index in [2.05, 4.69) is 0 Å². The number of alkyl halides is 3. The fourth-order valence-electron chi connectivity index (χ4n) is 2.06. The second-order valence-corrected chi connectivity index (χ2v) is 4.34. The van der Waals surface area contributed by atoms with Crippen LogP contribution in [-0.4, -0.2) is 17.8 Å². The summed E-state index contributed by atoms with van der Waals surface area (Å²) in [7, 11) is 0. The lowest BCUT2D eigenvalue weighted by molar-refractivity contribution is -0.137. The predicted molar refractivity (Wildman–Crippen MR) is 59.8 cm³/mol. The first kappa shape index (κ1) is 13.2. The summed E-state index contributed by atoms with van der Waals surface area (Å²) in [5, 5.41) is 10.0. The van der Waals surface area contributed by atoms with E-state index in [9.17, 15) is 18.3 Å². The summed E-state index contributed by atoms with van der Waals surface area (Å²) in [6.07, 6.45) is -4.62. The average Bonchev–Trinajstić information content (AvgIpc) is 2.80. The van der Waals surface area contributed by atoms with Crippen LogP contribution in [0.3, 0.4) is 0 Å². The number of hydrogen-bond donors (Lipinski definition) is 2. The van der Waals surface area contributed by atoms with E-state index in [0.717, 1.165) is 24.6 Å². The second kappa shape index (κ2) is 4.78. The molecule has 0 aromatic heterocycles. The molecule has 18 heavy (non-hydrogen) atoms. The summed E-state index contributed by atoms with van der Waals surface area (Å²) >= 11 is 0. The Bertz CT molecular complexity index is 428.